The molecule has 2 aromatic rings. The first-order valence-electron chi connectivity index (χ1n) is 5.66. The molecule has 1 N–H and O–H groups in total. The van der Waals surface area contributed by atoms with Gasteiger partial charge in [0.05, 0.1) is 0 Å². The van der Waals surface area contributed by atoms with E-state index in [1.807, 2.05) is 24.6 Å². The molecule has 3 nitrogen and oxygen atoms in total. The first-order chi connectivity index (χ1) is 8.61. The first-order valence-corrected chi connectivity index (χ1v) is 5.66. The van der Waals surface area contributed by atoms with Crippen molar-refractivity contribution in [3.63, 3.8) is 0 Å². The molecular formula is C14H14FN3. The zero-order chi connectivity index (χ0) is 13.1. The van der Waals surface area contributed by atoms with E-state index in [1.165, 1.54) is 12.1 Å². The Bertz CT molecular complexity index is 591. The highest BCUT2D eigenvalue weighted by atomic mass is 19.1. The number of nitrogens with zero attached hydrogens (tertiary/aromatic N) is 2. The SMILES string of the molecule is Cc1c(CNc2ccc(F)cc2)cc(C#N)n1C. The second kappa shape index (κ2) is 4.92. The van der Waals surface area contributed by atoms with Crippen molar-refractivity contribution in [2.75, 3.05) is 5.32 Å². The molecule has 1 aromatic carbocycles. The van der Waals surface area contributed by atoms with Crippen LogP contribution in [0.15, 0.2) is 30.3 Å². The molecule has 18 heavy (non-hydrogen) atoms. The Hall–Kier alpha value is -2.28. The standard InChI is InChI=1S/C14H14FN3/c1-10-11(7-14(8-16)18(10)2)9-17-13-5-3-12(15)4-6-13/h3-7,17H,9H2,1-2H3. The number of hydrogen-bond donors (Lipinski definition) is 1. The Balaban J connectivity index is 2.11. The number of nitrogens with one attached hydrogen (secondary N) is 1. The molecule has 0 bridgehead atoms. The highest BCUT2D eigenvalue weighted by Crippen LogP contribution is 2.16. The van der Waals surface area contributed by atoms with E-state index in [-0.39, 0.29) is 5.82 Å². The molecule has 0 aliphatic rings. The van der Waals surface area contributed by atoms with E-state index >= 15 is 0 Å². The smallest absolute Gasteiger partial charge is 0.123 e. The highest BCUT2D eigenvalue weighted by Gasteiger charge is 2.07. The van der Waals surface area contributed by atoms with E-state index in [2.05, 4.69) is 11.4 Å². The third-order valence-electron chi connectivity index (χ3n) is 3.08. The van der Waals surface area contributed by atoms with Crippen LogP contribution in [0.4, 0.5) is 10.1 Å². The lowest BCUT2D eigenvalue weighted by molar-refractivity contribution is 0.628. The van der Waals surface area contributed by atoms with Crippen LogP contribution in [0.25, 0.3) is 0 Å². The zero-order valence-corrected chi connectivity index (χ0v) is 10.4. The van der Waals surface area contributed by atoms with Gasteiger partial charge in [-0.3, -0.25) is 0 Å². The highest BCUT2D eigenvalue weighted by molar-refractivity contribution is 5.45. The van der Waals surface area contributed by atoms with E-state index < -0.39 is 0 Å². The molecule has 0 spiro atoms. The van der Waals surface area contributed by atoms with Crippen LogP contribution in [0, 0.1) is 24.1 Å². The fourth-order valence-electron chi connectivity index (χ4n) is 1.81. The van der Waals surface area contributed by atoms with Gasteiger partial charge in [-0.1, -0.05) is 0 Å². The summed E-state index contributed by atoms with van der Waals surface area (Å²) in [4.78, 5) is 0. The van der Waals surface area contributed by atoms with Crippen LogP contribution in [0.5, 0.6) is 0 Å². The summed E-state index contributed by atoms with van der Waals surface area (Å²) in [5.74, 6) is -0.247. The van der Waals surface area contributed by atoms with Crippen LogP contribution in [0.1, 0.15) is 17.0 Å². The summed E-state index contributed by atoms with van der Waals surface area (Å²) >= 11 is 0. The van der Waals surface area contributed by atoms with Gasteiger partial charge < -0.3 is 9.88 Å². The lowest BCUT2D eigenvalue weighted by Crippen LogP contribution is -2.01. The van der Waals surface area contributed by atoms with Gasteiger partial charge in [0.15, 0.2) is 0 Å². The first kappa shape index (κ1) is 12.2. The summed E-state index contributed by atoms with van der Waals surface area (Å²) < 4.78 is 14.6. The van der Waals surface area contributed by atoms with Crippen LogP contribution in [0.2, 0.25) is 0 Å². The minimum Gasteiger partial charge on any atom is -0.381 e. The van der Waals surface area contributed by atoms with Gasteiger partial charge in [-0.2, -0.15) is 5.26 Å². The Morgan fingerprint density at radius 2 is 2.00 bits per heavy atom. The maximum atomic E-state index is 12.7. The van der Waals surface area contributed by atoms with Crippen LogP contribution in [0.3, 0.4) is 0 Å². The van der Waals surface area contributed by atoms with Gasteiger partial charge in [-0.25, -0.2) is 4.39 Å². The Labute approximate surface area is 105 Å². The Morgan fingerprint density at radius 1 is 1.33 bits per heavy atom. The predicted octanol–water partition coefficient (Wildman–Crippen LogP) is 2.96. The number of hydrogen-bond acceptors (Lipinski definition) is 2. The molecule has 0 unspecified atom stereocenters. The average Bonchev–Trinajstić information content (AvgIpc) is 2.65. The normalized spacial score (nSPS) is 10.1. The molecule has 0 atom stereocenters. The number of anilines is 1. The summed E-state index contributed by atoms with van der Waals surface area (Å²) in [6.45, 7) is 2.59. The van der Waals surface area contributed by atoms with Crippen molar-refractivity contribution in [2.24, 2.45) is 7.05 Å². The largest absolute Gasteiger partial charge is 0.381 e. The van der Waals surface area contributed by atoms with Gasteiger partial charge in [0.25, 0.3) is 0 Å². The molecule has 0 saturated heterocycles. The van der Waals surface area contributed by atoms with Crippen LogP contribution in [-0.4, -0.2) is 4.57 Å². The molecule has 0 fully saturated rings. The minimum absolute atomic E-state index is 0.247. The topological polar surface area (TPSA) is 40.8 Å². The quantitative estimate of drug-likeness (QED) is 0.900. The fraction of sp³-hybridized carbons (Fsp3) is 0.214. The van der Waals surface area contributed by atoms with Crippen molar-refractivity contribution >= 4 is 5.69 Å². The molecule has 0 amide bonds. The van der Waals surface area contributed by atoms with Gasteiger partial charge >= 0.3 is 0 Å². The molecule has 0 saturated carbocycles. The van der Waals surface area contributed by atoms with Crippen LogP contribution in [-0.2, 0) is 13.6 Å². The van der Waals surface area contributed by atoms with E-state index in [9.17, 15) is 4.39 Å². The second-order valence-corrected chi connectivity index (χ2v) is 4.17. The molecule has 92 valence electrons. The molecule has 4 heteroatoms. The number of halogens is 1. The van der Waals surface area contributed by atoms with Crippen LogP contribution >= 0.6 is 0 Å². The third-order valence-corrected chi connectivity index (χ3v) is 3.08. The molecule has 0 radical (unpaired) electrons. The number of aromatic nitrogens is 1. The van der Waals surface area contributed by atoms with Crippen molar-refractivity contribution in [3.8, 4) is 6.07 Å². The van der Waals surface area contributed by atoms with Crippen molar-refractivity contribution in [2.45, 2.75) is 13.5 Å². The molecule has 0 aliphatic heterocycles. The molecule has 1 aromatic heterocycles. The van der Waals surface area contributed by atoms with Gasteiger partial charge in [0, 0.05) is 25.0 Å². The summed E-state index contributed by atoms with van der Waals surface area (Å²) in [6.07, 6.45) is 0. The molecule has 1 heterocycles. The summed E-state index contributed by atoms with van der Waals surface area (Å²) in [5, 5.41) is 12.1. The number of nitriles is 1. The van der Waals surface area contributed by atoms with E-state index in [0.717, 1.165) is 16.9 Å². The van der Waals surface area contributed by atoms with Crippen molar-refractivity contribution < 1.29 is 4.39 Å². The summed E-state index contributed by atoms with van der Waals surface area (Å²) in [6, 6.07) is 10.2. The Kier molecular flexibility index (Phi) is 3.33. The summed E-state index contributed by atoms with van der Waals surface area (Å²) in [5.41, 5.74) is 3.63. The lowest BCUT2D eigenvalue weighted by Gasteiger charge is -2.06. The monoisotopic (exact) mass is 243 g/mol. The zero-order valence-electron chi connectivity index (χ0n) is 10.4. The van der Waals surface area contributed by atoms with Crippen molar-refractivity contribution in [1.82, 2.24) is 4.57 Å². The van der Waals surface area contributed by atoms with Gasteiger partial charge in [-0.15, -0.1) is 0 Å². The number of benzene rings is 1. The van der Waals surface area contributed by atoms with Gasteiger partial charge in [0.1, 0.15) is 17.6 Å². The Morgan fingerprint density at radius 3 is 2.56 bits per heavy atom. The number of rotatable bonds is 3. The maximum Gasteiger partial charge on any atom is 0.123 e. The predicted molar refractivity (Wildman–Crippen MR) is 68.6 cm³/mol. The average molecular weight is 243 g/mol. The van der Waals surface area contributed by atoms with Crippen molar-refractivity contribution in [3.05, 3.63) is 53.1 Å². The van der Waals surface area contributed by atoms with E-state index in [4.69, 9.17) is 5.26 Å². The van der Waals surface area contributed by atoms with Crippen molar-refractivity contribution in [1.29, 1.82) is 5.26 Å². The maximum absolute atomic E-state index is 12.7. The van der Waals surface area contributed by atoms with Crippen LogP contribution < -0.4 is 5.32 Å². The third kappa shape index (κ3) is 2.35. The summed E-state index contributed by atoms with van der Waals surface area (Å²) in [7, 11) is 1.87. The van der Waals surface area contributed by atoms with E-state index in [0.29, 0.717) is 12.2 Å². The molecule has 2 rings (SSSR count). The second-order valence-electron chi connectivity index (χ2n) is 4.17. The van der Waals surface area contributed by atoms with Gasteiger partial charge in [0.2, 0.25) is 0 Å². The lowest BCUT2D eigenvalue weighted by atomic mass is 10.2. The molecule has 0 aliphatic carbocycles. The molecular weight excluding hydrogens is 229 g/mol. The fourth-order valence-corrected chi connectivity index (χ4v) is 1.81. The van der Waals surface area contributed by atoms with Gasteiger partial charge in [-0.05, 0) is 42.8 Å². The van der Waals surface area contributed by atoms with E-state index in [1.54, 1.807) is 12.1 Å². The minimum atomic E-state index is -0.247.